The maximum absolute atomic E-state index is 6.04. The van der Waals surface area contributed by atoms with E-state index < -0.39 is 0 Å². The molecule has 1 heterocycles. The molecule has 3 rings (SSSR count). The number of nitrogens with zero attached hydrogens (tertiary/aromatic N) is 3. The zero-order valence-corrected chi connectivity index (χ0v) is 17.8. The second kappa shape index (κ2) is 9.24. The SMILES string of the molecule is C=CCn1c(SCc2ccc(C)cc2)nnc1C(C)Oc1ccc(Br)cc1. The van der Waals surface area contributed by atoms with E-state index in [1.54, 1.807) is 11.8 Å². The summed E-state index contributed by atoms with van der Waals surface area (Å²) in [6, 6.07) is 16.3. The van der Waals surface area contributed by atoms with E-state index in [0.717, 1.165) is 27.0 Å². The number of aryl methyl sites for hydroxylation is 1. The van der Waals surface area contributed by atoms with Gasteiger partial charge in [-0.05, 0) is 43.7 Å². The predicted molar refractivity (Wildman–Crippen MR) is 114 cm³/mol. The van der Waals surface area contributed by atoms with Crippen LogP contribution in [0.2, 0.25) is 0 Å². The minimum absolute atomic E-state index is 0.215. The van der Waals surface area contributed by atoms with Gasteiger partial charge in [0, 0.05) is 16.8 Å². The summed E-state index contributed by atoms with van der Waals surface area (Å²) in [5, 5.41) is 9.64. The number of halogens is 1. The van der Waals surface area contributed by atoms with E-state index in [9.17, 15) is 0 Å². The molecular weight excluding hydrogens is 422 g/mol. The lowest BCUT2D eigenvalue weighted by molar-refractivity contribution is 0.210. The number of thioether (sulfide) groups is 1. The molecule has 140 valence electrons. The second-order valence-corrected chi connectivity index (χ2v) is 8.09. The molecule has 0 aliphatic carbocycles. The molecular formula is C21H22BrN3OS. The Morgan fingerprint density at radius 1 is 1.15 bits per heavy atom. The summed E-state index contributed by atoms with van der Waals surface area (Å²) in [6.07, 6.45) is 1.64. The van der Waals surface area contributed by atoms with E-state index >= 15 is 0 Å². The van der Waals surface area contributed by atoms with Gasteiger partial charge in [-0.3, -0.25) is 4.57 Å². The average molecular weight is 444 g/mol. The summed E-state index contributed by atoms with van der Waals surface area (Å²) >= 11 is 5.11. The highest BCUT2D eigenvalue weighted by Gasteiger charge is 2.19. The number of hydrogen-bond acceptors (Lipinski definition) is 4. The minimum atomic E-state index is -0.215. The summed E-state index contributed by atoms with van der Waals surface area (Å²) < 4.78 is 9.13. The molecule has 0 aliphatic rings. The number of rotatable bonds is 8. The Morgan fingerprint density at radius 2 is 1.85 bits per heavy atom. The first-order valence-electron chi connectivity index (χ1n) is 8.71. The number of hydrogen-bond donors (Lipinski definition) is 0. The van der Waals surface area contributed by atoms with Gasteiger partial charge in [0.25, 0.3) is 0 Å². The molecule has 0 amide bonds. The van der Waals surface area contributed by atoms with Crippen LogP contribution in [-0.4, -0.2) is 14.8 Å². The van der Waals surface area contributed by atoms with Gasteiger partial charge in [-0.1, -0.05) is 63.6 Å². The number of ether oxygens (including phenoxy) is 1. The van der Waals surface area contributed by atoms with Gasteiger partial charge in [-0.25, -0.2) is 0 Å². The maximum Gasteiger partial charge on any atom is 0.191 e. The Balaban J connectivity index is 1.74. The molecule has 0 radical (unpaired) electrons. The Hall–Kier alpha value is -2.05. The monoisotopic (exact) mass is 443 g/mol. The topological polar surface area (TPSA) is 39.9 Å². The van der Waals surface area contributed by atoms with Crippen LogP contribution in [0.25, 0.3) is 0 Å². The van der Waals surface area contributed by atoms with Crippen LogP contribution in [-0.2, 0) is 12.3 Å². The van der Waals surface area contributed by atoms with Gasteiger partial charge in [-0.2, -0.15) is 0 Å². The van der Waals surface area contributed by atoms with Crippen LogP contribution in [0.15, 0.2) is 70.8 Å². The van der Waals surface area contributed by atoms with E-state index in [1.807, 2.05) is 37.3 Å². The zero-order chi connectivity index (χ0) is 19.2. The van der Waals surface area contributed by atoms with Crippen molar-refractivity contribution in [1.82, 2.24) is 14.8 Å². The normalized spacial score (nSPS) is 12.0. The zero-order valence-electron chi connectivity index (χ0n) is 15.4. The molecule has 0 saturated heterocycles. The first-order chi connectivity index (χ1) is 13.1. The van der Waals surface area contributed by atoms with Crippen LogP contribution >= 0.6 is 27.7 Å². The smallest absolute Gasteiger partial charge is 0.191 e. The Kier molecular flexibility index (Phi) is 6.74. The van der Waals surface area contributed by atoms with Crippen molar-refractivity contribution < 1.29 is 4.74 Å². The first-order valence-corrected chi connectivity index (χ1v) is 10.5. The third-order valence-electron chi connectivity index (χ3n) is 4.04. The Morgan fingerprint density at radius 3 is 2.52 bits per heavy atom. The second-order valence-electron chi connectivity index (χ2n) is 6.23. The lowest BCUT2D eigenvalue weighted by Gasteiger charge is -2.15. The fourth-order valence-electron chi connectivity index (χ4n) is 2.61. The van der Waals surface area contributed by atoms with E-state index in [-0.39, 0.29) is 6.10 Å². The fourth-order valence-corrected chi connectivity index (χ4v) is 3.79. The fraction of sp³-hybridized carbons (Fsp3) is 0.238. The van der Waals surface area contributed by atoms with E-state index in [1.165, 1.54) is 11.1 Å². The minimum Gasteiger partial charge on any atom is -0.483 e. The van der Waals surface area contributed by atoms with Crippen LogP contribution in [0.5, 0.6) is 5.75 Å². The van der Waals surface area contributed by atoms with Crippen molar-refractivity contribution in [3.63, 3.8) is 0 Å². The van der Waals surface area contributed by atoms with Crippen molar-refractivity contribution >= 4 is 27.7 Å². The van der Waals surface area contributed by atoms with Gasteiger partial charge >= 0.3 is 0 Å². The van der Waals surface area contributed by atoms with Crippen LogP contribution in [0.4, 0.5) is 0 Å². The molecule has 1 unspecified atom stereocenters. The van der Waals surface area contributed by atoms with Crippen molar-refractivity contribution in [3.05, 3.63) is 82.6 Å². The Bertz CT molecular complexity index is 891. The van der Waals surface area contributed by atoms with Crippen LogP contribution in [0.1, 0.15) is 30.0 Å². The first kappa shape index (κ1) is 19.7. The molecule has 0 bridgehead atoms. The van der Waals surface area contributed by atoms with Crippen molar-refractivity contribution in [1.29, 1.82) is 0 Å². The summed E-state index contributed by atoms with van der Waals surface area (Å²) in [4.78, 5) is 0. The van der Waals surface area contributed by atoms with Gasteiger partial charge in [0.15, 0.2) is 17.1 Å². The van der Waals surface area contributed by atoms with Crippen LogP contribution in [0, 0.1) is 6.92 Å². The molecule has 27 heavy (non-hydrogen) atoms. The van der Waals surface area contributed by atoms with Crippen LogP contribution in [0.3, 0.4) is 0 Å². The van der Waals surface area contributed by atoms with Gasteiger partial charge in [-0.15, -0.1) is 16.8 Å². The third-order valence-corrected chi connectivity index (χ3v) is 5.60. The highest BCUT2D eigenvalue weighted by Crippen LogP contribution is 2.27. The highest BCUT2D eigenvalue weighted by molar-refractivity contribution is 9.10. The maximum atomic E-state index is 6.04. The summed E-state index contributed by atoms with van der Waals surface area (Å²) in [6.45, 7) is 8.59. The molecule has 4 nitrogen and oxygen atoms in total. The van der Waals surface area contributed by atoms with E-state index in [2.05, 4.69) is 68.5 Å². The van der Waals surface area contributed by atoms with Gasteiger partial charge < -0.3 is 4.74 Å². The molecule has 1 aromatic heterocycles. The number of aromatic nitrogens is 3. The standard InChI is InChI=1S/C21H22BrN3OS/c1-4-13-25-20(16(3)26-19-11-9-18(22)10-12-19)23-24-21(25)27-14-17-7-5-15(2)6-8-17/h4-12,16H,1,13-14H2,2-3H3. The van der Waals surface area contributed by atoms with Crippen molar-refractivity contribution in [2.75, 3.05) is 0 Å². The van der Waals surface area contributed by atoms with Crippen molar-refractivity contribution in [3.8, 4) is 5.75 Å². The van der Waals surface area contributed by atoms with Crippen molar-refractivity contribution in [2.45, 2.75) is 37.4 Å². The third kappa shape index (κ3) is 5.23. The molecule has 0 spiro atoms. The molecule has 0 aliphatic heterocycles. The van der Waals surface area contributed by atoms with Gasteiger partial charge in [0.05, 0.1) is 0 Å². The molecule has 1 atom stereocenters. The molecule has 0 saturated carbocycles. The van der Waals surface area contributed by atoms with Gasteiger partial charge in [0.1, 0.15) is 5.75 Å². The highest BCUT2D eigenvalue weighted by atomic mass is 79.9. The number of allylic oxidation sites excluding steroid dienone is 1. The van der Waals surface area contributed by atoms with Gasteiger partial charge in [0.2, 0.25) is 0 Å². The molecule has 0 N–H and O–H groups in total. The molecule has 3 aromatic rings. The summed E-state index contributed by atoms with van der Waals surface area (Å²) in [7, 11) is 0. The predicted octanol–water partition coefficient (Wildman–Crippen LogP) is 5.97. The molecule has 0 fully saturated rings. The largest absolute Gasteiger partial charge is 0.483 e. The lowest BCUT2D eigenvalue weighted by Crippen LogP contribution is -2.12. The van der Waals surface area contributed by atoms with E-state index in [4.69, 9.17) is 4.74 Å². The summed E-state index contributed by atoms with van der Waals surface area (Å²) in [5.74, 6) is 2.44. The molecule has 6 heteroatoms. The number of benzene rings is 2. The summed E-state index contributed by atoms with van der Waals surface area (Å²) in [5.41, 5.74) is 2.53. The van der Waals surface area contributed by atoms with Crippen LogP contribution < -0.4 is 4.74 Å². The van der Waals surface area contributed by atoms with E-state index in [0.29, 0.717) is 6.54 Å². The quantitative estimate of drug-likeness (QED) is 0.317. The lowest BCUT2D eigenvalue weighted by atomic mass is 10.2. The van der Waals surface area contributed by atoms with Crippen molar-refractivity contribution in [2.24, 2.45) is 0 Å². The molecule has 2 aromatic carbocycles. The average Bonchev–Trinajstić information content (AvgIpc) is 3.06. The Labute approximate surface area is 172 Å².